The zero-order valence-corrected chi connectivity index (χ0v) is 11.2. The van der Waals surface area contributed by atoms with E-state index in [0.29, 0.717) is 0 Å². The summed E-state index contributed by atoms with van der Waals surface area (Å²) in [6, 6.07) is 6.23. The average Bonchev–Trinajstić information content (AvgIpc) is 2.38. The van der Waals surface area contributed by atoms with Crippen molar-refractivity contribution in [2.24, 2.45) is 0 Å². The average molecular weight is 245 g/mol. The van der Waals surface area contributed by atoms with Crippen LogP contribution in [0.25, 0.3) is 5.57 Å². The molecule has 0 spiro atoms. The number of methoxy groups -OCH3 is 1. The third-order valence-corrected chi connectivity index (χ3v) is 3.42. The molecular weight excluding hydrogens is 226 g/mol. The van der Waals surface area contributed by atoms with Gasteiger partial charge in [0, 0.05) is 20.0 Å². The second-order valence-corrected chi connectivity index (χ2v) is 4.63. The summed E-state index contributed by atoms with van der Waals surface area (Å²) in [7, 11) is 1.69. The van der Waals surface area contributed by atoms with E-state index in [-0.39, 0.29) is 5.91 Å². The third kappa shape index (κ3) is 2.55. The largest absolute Gasteiger partial charge is 0.496 e. The van der Waals surface area contributed by atoms with Crippen LogP contribution in [0.4, 0.5) is 0 Å². The van der Waals surface area contributed by atoms with Crippen molar-refractivity contribution in [3.8, 4) is 5.75 Å². The molecule has 1 amide bonds. The van der Waals surface area contributed by atoms with E-state index in [2.05, 4.69) is 18.2 Å². The van der Waals surface area contributed by atoms with Gasteiger partial charge in [-0.3, -0.25) is 4.79 Å². The van der Waals surface area contributed by atoms with Gasteiger partial charge < -0.3 is 9.64 Å². The molecule has 0 atom stereocenters. The van der Waals surface area contributed by atoms with E-state index in [1.54, 1.807) is 14.0 Å². The maximum absolute atomic E-state index is 11.3. The first-order valence-corrected chi connectivity index (χ1v) is 6.21. The van der Waals surface area contributed by atoms with Gasteiger partial charge in [0.1, 0.15) is 5.75 Å². The van der Waals surface area contributed by atoms with Crippen molar-refractivity contribution in [2.75, 3.05) is 20.2 Å². The second kappa shape index (κ2) is 5.25. The number of aryl methyl sites for hydroxylation is 1. The molecule has 3 heteroatoms. The number of ether oxygens (including phenoxy) is 1. The molecule has 3 nitrogen and oxygen atoms in total. The van der Waals surface area contributed by atoms with Gasteiger partial charge in [-0.25, -0.2) is 0 Å². The summed E-state index contributed by atoms with van der Waals surface area (Å²) in [5, 5.41) is 0. The Labute approximate surface area is 108 Å². The zero-order valence-electron chi connectivity index (χ0n) is 11.2. The van der Waals surface area contributed by atoms with Crippen LogP contribution in [0.5, 0.6) is 5.75 Å². The van der Waals surface area contributed by atoms with E-state index in [4.69, 9.17) is 4.74 Å². The SMILES string of the molecule is COc1ccc(C2=CCN(C(C)=O)CC2)cc1C. The van der Waals surface area contributed by atoms with Crippen molar-refractivity contribution in [1.82, 2.24) is 4.90 Å². The number of rotatable bonds is 2. The van der Waals surface area contributed by atoms with Gasteiger partial charge in [0.15, 0.2) is 0 Å². The molecule has 0 unspecified atom stereocenters. The maximum atomic E-state index is 11.3. The molecule has 0 fully saturated rings. The second-order valence-electron chi connectivity index (χ2n) is 4.63. The first kappa shape index (κ1) is 12.7. The minimum absolute atomic E-state index is 0.149. The standard InChI is InChI=1S/C15H19NO2/c1-11-10-14(4-5-15(11)18-3)13-6-8-16(9-7-13)12(2)17/h4-6,10H,7-9H2,1-3H3. The van der Waals surface area contributed by atoms with Gasteiger partial charge in [0.2, 0.25) is 5.91 Å². The van der Waals surface area contributed by atoms with Crippen LogP contribution in [0.1, 0.15) is 24.5 Å². The Morgan fingerprint density at radius 1 is 1.39 bits per heavy atom. The van der Waals surface area contributed by atoms with E-state index < -0.39 is 0 Å². The minimum atomic E-state index is 0.149. The first-order chi connectivity index (χ1) is 8.61. The highest BCUT2D eigenvalue weighted by molar-refractivity contribution is 5.76. The number of hydrogen-bond donors (Lipinski definition) is 0. The Bertz CT molecular complexity index is 491. The van der Waals surface area contributed by atoms with Crippen LogP contribution in [0, 0.1) is 6.92 Å². The molecule has 18 heavy (non-hydrogen) atoms. The van der Waals surface area contributed by atoms with Gasteiger partial charge in [-0.1, -0.05) is 12.1 Å². The number of benzene rings is 1. The number of hydrogen-bond acceptors (Lipinski definition) is 2. The Morgan fingerprint density at radius 3 is 2.67 bits per heavy atom. The van der Waals surface area contributed by atoms with Crippen molar-refractivity contribution in [1.29, 1.82) is 0 Å². The van der Waals surface area contributed by atoms with Crippen LogP contribution >= 0.6 is 0 Å². The number of carbonyl (C=O) groups is 1. The first-order valence-electron chi connectivity index (χ1n) is 6.21. The van der Waals surface area contributed by atoms with Crippen molar-refractivity contribution < 1.29 is 9.53 Å². The smallest absolute Gasteiger partial charge is 0.219 e. The van der Waals surface area contributed by atoms with Crippen molar-refractivity contribution in [3.63, 3.8) is 0 Å². The highest BCUT2D eigenvalue weighted by atomic mass is 16.5. The lowest BCUT2D eigenvalue weighted by Gasteiger charge is -2.25. The fourth-order valence-corrected chi connectivity index (χ4v) is 2.30. The van der Waals surface area contributed by atoms with Crippen LogP contribution in [0.3, 0.4) is 0 Å². The molecular formula is C15H19NO2. The summed E-state index contributed by atoms with van der Waals surface area (Å²) >= 11 is 0. The fourth-order valence-electron chi connectivity index (χ4n) is 2.30. The van der Waals surface area contributed by atoms with Gasteiger partial charge in [-0.15, -0.1) is 0 Å². The van der Waals surface area contributed by atoms with E-state index in [1.807, 2.05) is 17.9 Å². The van der Waals surface area contributed by atoms with Crippen molar-refractivity contribution >= 4 is 11.5 Å². The molecule has 0 aliphatic carbocycles. The molecule has 2 rings (SSSR count). The maximum Gasteiger partial charge on any atom is 0.219 e. The molecule has 0 bridgehead atoms. The summed E-state index contributed by atoms with van der Waals surface area (Å²) in [6.07, 6.45) is 3.07. The monoisotopic (exact) mass is 245 g/mol. The Balaban J connectivity index is 2.18. The lowest BCUT2D eigenvalue weighted by atomic mass is 9.97. The molecule has 1 aromatic carbocycles. The molecule has 1 aromatic rings. The lowest BCUT2D eigenvalue weighted by molar-refractivity contribution is -0.128. The van der Waals surface area contributed by atoms with Gasteiger partial charge in [-0.05, 0) is 42.2 Å². The molecule has 0 aromatic heterocycles. The van der Waals surface area contributed by atoms with Crippen molar-refractivity contribution in [2.45, 2.75) is 20.3 Å². The highest BCUT2D eigenvalue weighted by Crippen LogP contribution is 2.26. The van der Waals surface area contributed by atoms with E-state index in [1.165, 1.54) is 11.1 Å². The lowest BCUT2D eigenvalue weighted by Crippen LogP contribution is -2.32. The van der Waals surface area contributed by atoms with Gasteiger partial charge in [-0.2, -0.15) is 0 Å². The van der Waals surface area contributed by atoms with E-state index in [9.17, 15) is 4.79 Å². The van der Waals surface area contributed by atoms with E-state index in [0.717, 1.165) is 30.8 Å². The molecule has 0 saturated carbocycles. The Morgan fingerprint density at radius 2 is 2.17 bits per heavy atom. The number of nitrogens with zero attached hydrogens (tertiary/aromatic N) is 1. The Kier molecular flexibility index (Phi) is 3.70. The predicted molar refractivity (Wildman–Crippen MR) is 72.6 cm³/mol. The molecule has 0 radical (unpaired) electrons. The van der Waals surface area contributed by atoms with Crippen LogP contribution in [-0.4, -0.2) is 31.0 Å². The zero-order chi connectivity index (χ0) is 13.1. The molecule has 1 heterocycles. The van der Waals surface area contributed by atoms with Crippen LogP contribution < -0.4 is 4.74 Å². The van der Waals surface area contributed by atoms with Crippen molar-refractivity contribution in [3.05, 3.63) is 35.4 Å². The number of amides is 1. The Hall–Kier alpha value is -1.77. The quantitative estimate of drug-likeness (QED) is 0.801. The van der Waals surface area contributed by atoms with Crippen LogP contribution in [0.2, 0.25) is 0 Å². The fraction of sp³-hybridized carbons (Fsp3) is 0.400. The molecule has 1 aliphatic rings. The summed E-state index contributed by atoms with van der Waals surface area (Å²) in [6.45, 7) is 5.20. The normalized spacial score (nSPS) is 15.3. The summed E-state index contributed by atoms with van der Waals surface area (Å²) < 4.78 is 5.26. The molecule has 0 saturated heterocycles. The molecule has 1 aliphatic heterocycles. The minimum Gasteiger partial charge on any atom is -0.496 e. The number of carbonyl (C=O) groups excluding carboxylic acids is 1. The summed E-state index contributed by atoms with van der Waals surface area (Å²) in [5.41, 5.74) is 3.69. The van der Waals surface area contributed by atoms with Gasteiger partial charge in [0.05, 0.1) is 7.11 Å². The molecule has 0 N–H and O–H groups in total. The summed E-state index contributed by atoms with van der Waals surface area (Å²) in [4.78, 5) is 13.1. The van der Waals surface area contributed by atoms with Crippen LogP contribution in [-0.2, 0) is 4.79 Å². The third-order valence-electron chi connectivity index (χ3n) is 3.42. The highest BCUT2D eigenvalue weighted by Gasteiger charge is 2.15. The van der Waals surface area contributed by atoms with Gasteiger partial charge >= 0.3 is 0 Å². The molecule has 96 valence electrons. The van der Waals surface area contributed by atoms with Crippen LogP contribution in [0.15, 0.2) is 24.3 Å². The predicted octanol–water partition coefficient (Wildman–Crippen LogP) is 2.64. The van der Waals surface area contributed by atoms with Gasteiger partial charge in [0.25, 0.3) is 0 Å². The topological polar surface area (TPSA) is 29.5 Å². The van der Waals surface area contributed by atoms with E-state index >= 15 is 0 Å². The summed E-state index contributed by atoms with van der Waals surface area (Å²) in [5.74, 6) is 1.07.